The summed E-state index contributed by atoms with van der Waals surface area (Å²) in [4.78, 5) is 18.7. The number of aromatic nitrogens is 1. The summed E-state index contributed by atoms with van der Waals surface area (Å²) >= 11 is 0. The van der Waals surface area contributed by atoms with Crippen LogP contribution < -0.4 is 10.7 Å². The molecule has 2 aromatic carbocycles. The fourth-order valence-corrected chi connectivity index (χ4v) is 2.52. The lowest BCUT2D eigenvalue weighted by molar-refractivity contribution is 0.256. The predicted octanol–water partition coefficient (Wildman–Crippen LogP) is 1.41. The SMILES string of the molecule is O=C1N=c2ccc(-n3c(O)c4ccccc4c3O)cc2=N1. The van der Waals surface area contributed by atoms with Crippen molar-refractivity contribution in [3.63, 3.8) is 0 Å². The lowest BCUT2D eigenvalue weighted by Crippen LogP contribution is -2.21. The van der Waals surface area contributed by atoms with Gasteiger partial charge in [0.2, 0.25) is 11.8 Å². The van der Waals surface area contributed by atoms with E-state index in [1.807, 2.05) is 0 Å². The van der Waals surface area contributed by atoms with Crippen LogP contribution in [0.2, 0.25) is 0 Å². The third-order valence-electron chi connectivity index (χ3n) is 3.48. The minimum atomic E-state index is -0.548. The molecule has 0 radical (unpaired) electrons. The molecule has 6 nitrogen and oxygen atoms in total. The number of hydrogen-bond donors (Lipinski definition) is 2. The number of rotatable bonds is 1. The second-order valence-corrected chi connectivity index (χ2v) is 4.71. The van der Waals surface area contributed by atoms with Gasteiger partial charge in [-0.1, -0.05) is 12.1 Å². The molecule has 0 spiro atoms. The molecule has 4 rings (SSSR count). The summed E-state index contributed by atoms with van der Waals surface area (Å²) in [5.41, 5.74) is 0.508. The van der Waals surface area contributed by atoms with E-state index in [0.717, 1.165) is 0 Å². The Morgan fingerprint density at radius 2 is 1.48 bits per heavy atom. The lowest BCUT2D eigenvalue weighted by atomic mass is 10.2. The van der Waals surface area contributed by atoms with Crippen LogP contribution >= 0.6 is 0 Å². The van der Waals surface area contributed by atoms with E-state index in [2.05, 4.69) is 9.98 Å². The van der Waals surface area contributed by atoms with Gasteiger partial charge in [-0.25, -0.2) is 4.79 Å². The molecule has 2 heterocycles. The quantitative estimate of drug-likeness (QED) is 0.706. The smallest absolute Gasteiger partial charge is 0.368 e. The Morgan fingerprint density at radius 1 is 0.857 bits per heavy atom. The monoisotopic (exact) mass is 279 g/mol. The molecule has 0 saturated carbocycles. The Balaban J connectivity index is 2.05. The average molecular weight is 279 g/mol. The number of amides is 2. The molecule has 0 aliphatic carbocycles. The maximum atomic E-state index is 11.2. The van der Waals surface area contributed by atoms with Gasteiger partial charge in [-0.05, 0) is 30.3 Å². The van der Waals surface area contributed by atoms with Crippen molar-refractivity contribution < 1.29 is 15.0 Å². The zero-order chi connectivity index (χ0) is 14.6. The van der Waals surface area contributed by atoms with E-state index in [-0.39, 0.29) is 11.8 Å². The molecule has 21 heavy (non-hydrogen) atoms. The Hall–Kier alpha value is -3.15. The third-order valence-corrected chi connectivity index (χ3v) is 3.48. The molecule has 102 valence electrons. The van der Waals surface area contributed by atoms with Gasteiger partial charge in [-0.3, -0.25) is 4.57 Å². The first kappa shape index (κ1) is 11.7. The Bertz CT molecular complexity index is 995. The number of carbonyl (C=O) groups is 1. The molecule has 0 atom stereocenters. The summed E-state index contributed by atoms with van der Waals surface area (Å²) in [6, 6.07) is 11.3. The van der Waals surface area contributed by atoms with Crippen LogP contribution in [-0.4, -0.2) is 20.8 Å². The predicted molar refractivity (Wildman–Crippen MR) is 74.3 cm³/mol. The molecule has 1 aliphatic rings. The summed E-state index contributed by atoms with van der Waals surface area (Å²) in [6.07, 6.45) is 0. The van der Waals surface area contributed by atoms with Crippen molar-refractivity contribution in [2.45, 2.75) is 0 Å². The van der Waals surface area contributed by atoms with E-state index in [4.69, 9.17) is 0 Å². The molecule has 0 saturated heterocycles. The van der Waals surface area contributed by atoms with Crippen molar-refractivity contribution in [2.24, 2.45) is 9.98 Å². The second kappa shape index (κ2) is 3.92. The molecular formula is C15H9N3O3. The van der Waals surface area contributed by atoms with E-state index in [9.17, 15) is 15.0 Å². The van der Waals surface area contributed by atoms with Crippen molar-refractivity contribution in [2.75, 3.05) is 0 Å². The number of aromatic hydroxyl groups is 2. The molecule has 0 fully saturated rings. The van der Waals surface area contributed by atoms with E-state index < -0.39 is 6.03 Å². The first-order chi connectivity index (χ1) is 10.1. The summed E-state index contributed by atoms with van der Waals surface area (Å²) in [5.74, 6) is -0.131. The fourth-order valence-electron chi connectivity index (χ4n) is 2.52. The number of benzene rings is 2. The zero-order valence-electron chi connectivity index (χ0n) is 10.7. The van der Waals surface area contributed by atoms with Gasteiger partial charge >= 0.3 is 6.03 Å². The normalized spacial score (nSPS) is 13.0. The Kier molecular flexibility index (Phi) is 2.18. The third kappa shape index (κ3) is 1.56. The number of hydrogen-bond acceptors (Lipinski definition) is 3. The fraction of sp³-hybridized carbons (Fsp3) is 0. The minimum Gasteiger partial charge on any atom is -0.494 e. The number of urea groups is 1. The van der Waals surface area contributed by atoms with Crippen molar-refractivity contribution in [1.82, 2.24) is 4.57 Å². The molecule has 1 aliphatic heterocycles. The van der Waals surface area contributed by atoms with Crippen molar-refractivity contribution in [3.05, 3.63) is 53.2 Å². The molecule has 0 bridgehead atoms. The van der Waals surface area contributed by atoms with Crippen molar-refractivity contribution >= 4 is 16.8 Å². The molecule has 6 heteroatoms. The van der Waals surface area contributed by atoms with Crippen LogP contribution in [0.4, 0.5) is 4.79 Å². The van der Waals surface area contributed by atoms with Gasteiger partial charge in [0.05, 0.1) is 16.4 Å². The Morgan fingerprint density at radius 3 is 2.14 bits per heavy atom. The average Bonchev–Trinajstić information content (AvgIpc) is 2.97. The van der Waals surface area contributed by atoms with Gasteiger partial charge in [0.25, 0.3) is 0 Å². The van der Waals surface area contributed by atoms with Crippen LogP contribution in [0.1, 0.15) is 0 Å². The molecule has 3 aromatic rings. The highest BCUT2D eigenvalue weighted by molar-refractivity contribution is 5.93. The highest BCUT2D eigenvalue weighted by atomic mass is 16.3. The van der Waals surface area contributed by atoms with Gasteiger partial charge in [0.15, 0.2) is 0 Å². The first-order valence-electron chi connectivity index (χ1n) is 6.28. The maximum absolute atomic E-state index is 11.2. The van der Waals surface area contributed by atoms with Gasteiger partial charge in [-0.15, -0.1) is 0 Å². The van der Waals surface area contributed by atoms with Crippen LogP contribution in [-0.2, 0) is 0 Å². The summed E-state index contributed by atoms with van der Waals surface area (Å²) in [6.45, 7) is 0. The second-order valence-electron chi connectivity index (χ2n) is 4.71. The molecule has 2 N–H and O–H groups in total. The van der Waals surface area contributed by atoms with Crippen LogP contribution in [0.3, 0.4) is 0 Å². The summed E-state index contributed by atoms with van der Waals surface area (Å²) < 4.78 is 1.31. The van der Waals surface area contributed by atoms with E-state index >= 15 is 0 Å². The first-order valence-corrected chi connectivity index (χ1v) is 6.28. The number of fused-ring (bicyclic) bond motifs is 2. The summed E-state index contributed by atoms with van der Waals surface area (Å²) in [5, 5.41) is 22.6. The van der Waals surface area contributed by atoms with Gasteiger partial charge in [0.1, 0.15) is 0 Å². The largest absolute Gasteiger partial charge is 0.494 e. The van der Waals surface area contributed by atoms with Gasteiger partial charge in [-0.2, -0.15) is 9.98 Å². The van der Waals surface area contributed by atoms with Gasteiger partial charge < -0.3 is 10.2 Å². The standard InChI is InChI=1S/C15H9N3O3/c19-13-9-3-1-2-4-10(9)14(20)18(13)8-5-6-11-12(7-8)17-15(21)16-11/h1-7,19-20H. The maximum Gasteiger partial charge on any atom is 0.368 e. The van der Waals surface area contributed by atoms with E-state index in [1.54, 1.807) is 42.5 Å². The number of nitrogens with zero attached hydrogens (tertiary/aromatic N) is 3. The minimum absolute atomic E-state index is 0.0655. The van der Waals surface area contributed by atoms with Crippen LogP contribution in [0.5, 0.6) is 11.8 Å². The molecular weight excluding hydrogens is 270 g/mol. The van der Waals surface area contributed by atoms with E-state index in [1.165, 1.54) is 4.57 Å². The van der Waals surface area contributed by atoms with Crippen molar-refractivity contribution in [1.29, 1.82) is 0 Å². The Labute approximate surface area is 117 Å². The van der Waals surface area contributed by atoms with Gasteiger partial charge in [0, 0.05) is 10.8 Å². The highest BCUT2D eigenvalue weighted by Crippen LogP contribution is 2.37. The van der Waals surface area contributed by atoms with E-state index in [0.29, 0.717) is 27.2 Å². The molecule has 2 amide bonds. The summed E-state index contributed by atoms with van der Waals surface area (Å²) in [7, 11) is 0. The number of carbonyl (C=O) groups excluding carboxylic acids is 1. The topological polar surface area (TPSA) is 87.2 Å². The van der Waals surface area contributed by atoms with Crippen molar-refractivity contribution in [3.8, 4) is 17.4 Å². The highest BCUT2D eigenvalue weighted by Gasteiger charge is 2.17. The van der Waals surface area contributed by atoms with Crippen LogP contribution in [0.25, 0.3) is 16.5 Å². The lowest BCUT2D eigenvalue weighted by Gasteiger charge is -2.05. The molecule has 0 unspecified atom stereocenters. The van der Waals surface area contributed by atoms with Crippen LogP contribution in [0.15, 0.2) is 52.4 Å². The molecule has 1 aromatic heterocycles. The van der Waals surface area contributed by atoms with Crippen LogP contribution in [0, 0.1) is 0 Å². The zero-order valence-corrected chi connectivity index (χ0v) is 10.7.